The summed E-state index contributed by atoms with van der Waals surface area (Å²) in [5.41, 5.74) is 0.418. The molecule has 4 aromatic carbocycles. The zero-order valence-electron chi connectivity index (χ0n) is 21.1. The molecule has 4 aromatic rings. The number of hydrogen-bond donors (Lipinski definition) is 0. The molecule has 0 N–H and O–H groups in total. The molecule has 1 saturated heterocycles. The van der Waals surface area contributed by atoms with Gasteiger partial charge in [-0.1, -0.05) is 127 Å². The Kier molecular flexibility index (Phi) is 8.62. The molecule has 1 aliphatic rings. The van der Waals surface area contributed by atoms with Crippen LogP contribution in [0.4, 0.5) is 0 Å². The summed E-state index contributed by atoms with van der Waals surface area (Å²) in [7, 11) is -1.17. The molecular weight excluding hydrogens is 488 g/mol. The van der Waals surface area contributed by atoms with Gasteiger partial charge >= 0.3 is 0 Å². The van der Waals surface area contributed by atoms with Crippen LogP contribution in [0.3, 0.4) is 0 Å². The zero-order chi connectivity index (χ0) is 25.5. The summed E-state index contributed by atoms with van der Waals surface area (Å²) in [6.07, 6.45) is 4.15. The highest BCUT2D eigenvalue weighted by Gasteiger charge is 2.40. The molecule has 0 spiro atoms. The van der Waals surface area contributed by atoms with Gasteiger partial charge in [0.05, 0.1) is 0 Å². The fourth-order valence-electron chi connectivity index (χ4n) is 5.33. The van der Waals surface area contributed by atoms with Crippen LogP contribution in [0, 0.1) is 0 Å². The molecule has 37 heavy (non-hydrogen) atoms. The molecule has 0 bridgehead atoms. The molecule has 2 atom stereocenters. The van der Waals surface area contributed by atoms with Gasteiger partial charge in [0.25, 0.3) is 0 Å². The van der Waals surface area contributed by atoms with Gasteiger partial charge in [-0.15, -0.1) is 6.58 Å². The number of hydrogen-bond acceptors (Lipinski definition) is 1. The third-order valence-electron chi connectivity index (χ3n) is 6.99. The molecule has 0 radical (unpaired) electrons. The van der Waals surface area contributed by atoms with Crippen LogP contribution in [0.2, 0.25) is 0 Å². The van der Waals surface area contributed by atoms with E-state index in [4.69, 9.17) is 0 Å². The lowest BCUT2D eigenvalue weighted by molar-refractivity contribution is -0.130. The van der Waals surface area contributed by atoms with Crippen molar-refractivity contribution in [3.8, 4) is 0 Å². The topological polar surface area (TPSA) is 20.3 Å². The van der Waals surface area contributed by atoms with Gasteiger partial charge in [0.1, 0.15) is 0 Å². The monoisotopic (exact) mass is 521 g/mol. The Balaban J connectivity index is 1.50. The first-order valence-electron chi connectivity index (χ1n) is 12.9. The third kappa shape index (κ3) is 6.10. The average molecular weight is 522 g/mol. The number of carbonyl (C=O) groups excluding carboxylic acids is 1. The molecular formula is C33H33NOP2. The summed E-state index contributed by atoms with van der Waals surface area (Å²) < 4.78 is 0. The Morgan fingerprint density at radius 1 is 0.730 bits per heavy atom. The summed E-state index contributed by atoms with van der Waals surface area (Å²) in [4.78, 5) is 15.6. The van der Waals surface area contributed by atoms with E-state index in [1.165, 1.54) is 21.2 Å². The fourth-order valence-corrected chi connectivity index (χ4v) is 10.8. The molecule has 1 amide bonds. The van der Waals surface area contributed by atoms with Crippen molar-refractivity contribution < 1.29 is 4.79 Å². The van der Waals surface area contributed by atoms with Gasteiger partial charge in [-0.2, -0.15) is 0 Å². The van der Waals surface area contributed by atoms with Crippen LogP contribution in [0.15, 0.2) is 134 Å². The third-order valence-corrected chi connectivity index (χ3v) is 12.4. The molecule has 0 aromatic heterocycles. The van der Waals surface area contributed by atoms with E-state index in [9.17, 15) is 4.79 Å². The second kappa shape index (κ2) is 12.5. The molecule has 5 rings (SSSR count). The van der Waals surface area contributed by atoms with Crippen molar-refractivity contribution in [2.45, 2.75) is 24.5 Å². The number of amides is 1. The highest BCUT2D eigenvalue weighted by atomic mass is 31.1. The van der Waals surface area contributed by atoms with Crippen LogP contribution < -0.4 is 21.2 Å². The van der Waals surface area contributed by atoms with Gasteiger partial charge < -0.3 is 4.90 Å². The van der Waals surface area contributed by atoms with Crippen molar-refractivity contribution >= 4 is 43.0 Å². The smallest absolute Gasteiger partial charge is 0.226 e. The van der Waals surface area contributed by atoms with Gasteiger partial charge in [-0.05, 0) is 49.6 Å². The van der Waals surface area contributed by atoms with E-state index >= 15 is 0 Å². The van der Waals surface area contributed by atoms with Crippen LogP contribution in [0.1, 0.15) is 12.8 Å². The van der Waals surface area contributed by atoms with Crippen molar-refractivity contribution in [1.29, 1.82) is 0 Å². The minimum atomic E-state index is -0.585. The number of nitrogens with zero attached hydrogens (tertiary/aromatic N) is 1. The van der Waals surface area contributed by atoms with Crippen LogP contribution in [0.5, 0.6) is 0 Å². The number of rotatable bonds is 9. The molecule has 2 nitrogen and oxygen atoms in total. The maximum atomic E-state index is 13.4. The quantitative estimate of drug-likeness (QED) is 0.202. The SMILES string of the molecule is C=CCC(=O)N1CC(P(c2ccccc2)c2ccccc2)CC1CP(c1ccccc1)c1ccccc1. The van der Waals surface area contributed by atoms with Gasteiger partial charge in [0, 0.05) is 24.7 Å². The summed E-state index contributed by atoms with van der Waals surface area (Å²) in [5, 5.41) is 5.52. The zero-order valence-corrected chi connectivity index (χ0v) is 22.9. The minimum absolute atomic E-state index is 0.203. The first kappa shape index (κ1) is 25.6. The standard InChI is InChI=1S/C33H33NOP2/c1-2-15-33(35)34-25-32(37(30-20-11-5-12-21-30)31-22-13-6-14-23-31)24-27(34)26-36(28-16-7-3-8-17-28)29-18-9-4-10-19-29/h2-14,16-23,27,32H,1,15,24-26H2. The molecule has 0 saturated carbocycles. The number of carbonyl (C=O) groups is 1. The molecule has 4 heteroatoms. The maximum Gasteiger partial charge on any atom is 0.226 e. The molecule has 1 fully saturated rings. The van der Waals surface area contributed by atoms with Crippen molar-refractivity contribution in [1.82, 2.24) is 4.90 Å². The molecule has 1 aliphatic heterocycles. The van der Waals surface area contributed by atoms with Crippen LogP contribution in [-0.4, -0.2) is 35.2 Å². The highest BCUT2D eigenvalue weighted by molar-refractivity contribution is 7.74. The van der Waals surface area contributed by atoms with Gasteiger partial charge in [0.15, 0.2) is 0 Å². The molecule has 1 heterocycles. The maximum absolute atomic E-state index is 13.4. The number of benzene rings is 4. The summed E-state index contributed by atoms with van der Waals surface area (Å²) in [5.74, 6) is 0.203. The second-order valence-corrected chi connectivity index (χ2v) is 14.2. The van der Waals surface area contributed by atoms with E-state index < -0.39 is 15.8 Å². The molecule has 186 valence electrons. The van der Waals surface area contributed by atoms with Crippen molar-refractivity contribution in [3.05, 3.63) is 134 Å². The van der Waals surface area contributed by atoms with Crippen LogP contribution >= 0.6 is 15.8 Å². The van der Waals surface area contributed by atoms with E-state index in [2.05, 4.69) is 133 Å². The summed E-state index contributed by atoms with van der Waals surface area (Å²) in [6.45, 7) is 4.67. The van der Waals surface area contributed by atoms with Gasteiger partial charge in [0.2, 0.25) is 5.91 Å². The Morgan fingerprint density at radius 3 is 1.59 bits per heavy atom. The average Bonchev–Trinajstić information content (AvgIpc) is 3.37. The van der Waals surface area contributed by atoms with Gasteiger partial charge in [-0.3, -0.25) is 4.79 Å². The Morgan fingerprint density at radius 2 is 1.16 bits per heavy atom. The molecule has 0 aliphatic carbocycles. The predicted octanol–water partition coefficient (Wildman–Crippen LogP) is 5.80. The number of likely N-dealkylation sites (tertiary alicyclic amines) is 1. The van der Waals surface area contributed by atoms with Crippen molar-refractivity contribution in [3.63, 3.8) is 0 Å². The van der Waals surface area contributed by atoms with E-state index in [-0.39, 0.29) is 11.9 Å². The first-order chi connectivity index (χ1) is 18.2. The van der Waals surface area contributed by atoms with Crippen LogP contribution in [-0.2, 0) is 4.79 Å². The largest absolute Gasteiger partial charge is 0.338 e. The highest BCUT2D eigenvalue weighted by Crippen LogP contribution is 2.48. The van der Waals surface area contributed by atoms with E-state index in [1.807, 2.05) is 0 Å². The summed E-state index contributed by atoms with van der Waals surface area (Å²) >= 11 is 0. The lowest BCUT2D eigenvalue weighted by Crippen LogP contribution is -2.38. The normalized spacial score (nSPS) is 17.3. The van der Waals surface area contributed by atoms with Crippen molar-refractivity contribution in [2.75, 3.05) is 12.7 Å². The first-order valence-corrected chi connectivity index (χ1v) is 15.9. The van der Waals surface area contributed by atoms with Gasteiger partial charge in [-0.25, -0.2) is 0 Å². The van der Waals surface area contributed by atoms with Crippen molar-refractivity contribution in [2.24, 2.45) is 0 Å². The Hall–Kier alpha value is -3.05. The van der Waals surface area contributed by atoms with E-state index in [1.54, 1.807) is 6.08 Å². The summed E-state index contributed by atoms with van der Waals surface area (Å²) in [6, 6.07) is 43.7. The second-order valence-electron chi connectivity index (χ2n) is 9.41. The van der Waals surface area contributed by atoms with E-state index in [0.717, 1.165) is 19.1 Å². The predicted molar refractivity (Wildman–Crippen MR) is 162 cm³/mol. The minimum Gasteiger partial charge on any atom is -0.338 e. The molecule has 2 unspecified atom stereocenters. The Labute approximate surface area is 223 Å². The lowest BCUT2D eigenvalue weighted by atomic mass is 10.2. The van der Waals surface area contributed by atoms with E-state index in [0.29, 0.717) is 12.1 Å². The fraction of sp³-hybridized carbons (Fsp3) is 0.182. The lowest BCUT2D eigenvalue weighted by Gasteiger charge is -2.29. The van der Waals surface area contributed by atoms with Crippen LogP contribution in [0.25, 0.3) is 0 Å². The Bertz CT molecular complexity index is 1200.